The van der Waals surface area contributed by atoms with E-state index in [4.69, 9.17) is 4.74 Å². The molecule has 10 nitrogen and oxygen atoms in total. The van der Waals surface area contributed by atoms with Crippen LogP contribution in [0.25, 0.3) is 0 Å². The van der Waals surface area contributed by atoms with Crippen molar-refractivity contribution in [2.24, 2.45) is 0 Å². The van der Waals surface area contributed by atoms with Crippen LogP contribution in [0.4, 0.5) is 5.00 Å². The van der Waals surface area contributed by atoms with Gasteiger partial charge in [-0.3, -0.25) is 25.2 Å². The van der Waals surface area contributed by atoms with Gasteiger partial charge in [0.2, 0.25) is 15.9 Å². The van der Waals surface area contributed by atoms with Gasteiger partial charge >= 0.3 is 0 Å². The van der Waals surface area contributed by atoms with Gasteiger partial charge in [-0.05, 0) is 35.7 Å². The summed E-state index contributed by atoms with van der Waals surface area (Å²) in [5.41, 5.74) is 4.83. The Kier molecular flexibility index (Phi) is 6.82. The number of nitrogens with zero attached hydrogens (tertiary/aromatic N) is 1. The first-order valence-electron chi connectivity index (χ1n) is 8.93. The van der Waals surface area contributed by atoms with Gasteiger partial charge < -0.3 is 10.1 Å². The number of carbonyl (C=O) groups is 3. The Balaban J connectivity index is 1.69. The number of hydrazine groups is 1. The lowest BCUT2D eigenvalue weighted by atomic mass is 10.2. The molecular weight excluding hydrogens is 432 g/mol. The zero-order valence-electron chi connectivity index (χ0n) is 16.0. The van der Waals surface area contributed by atoms with E-state index in [0.717, 1.165) is 11.3 Å². The van der Waals surface area contributed by atoms with Gasteiger partial charge in [0.25, 0.3) is 11.8 Å². The van der Waals surface area contributed by atoms with E-state index in [0.29, 0.717) is 18.2 Å². The fourth-order valence-corrected chi connectivity index (χ4v) is 4.87. The maximum atomic E-state index is 12.7. The van der Waals surface area contributed by atoms with E-state index >= 15 is 0 Å². The molecule has 3 N–H and O–H groups in total. The quantitative estimate of drug-likeness (QED) is 0.575. The van der Waals surface area contributed by atoms with E-state index in [-0.39, 0.29) is 29.1 Å². The number of anilines is 1. The fraction of sp³-hybridized carbons (Fsp3) is 0.278. The third-order valence-electron chi connectivity index (χ3n) is 4.21. The predicted octanol–water partition coefficient (Wildman–Crippen LogP) is 0.802. The maximum absolute atomic E-state index is 12.7. The van der Waals surface area contributed by atoms with Gasteiger partial charge in [0, 0.05) is 25.6 Å². The molecule has 0 spiro atoms. The van der Waals surface area contributed by atoms with Crippen molar-refractivity contribution in [2.45, 2.75) is 11.8 Å². The summed E-state index contributed by atoms with van der Waals surface area (Å²) in [4.78, 5) is 35.6. The molecule has 0 radical (unpaired) electrons. The molecule has 0 atom stereocenters. The van der Waals surface area contributed by atoms with Crippen LogP contribution >= 0.6 is 11.3 Å². The number of carbonyl (C=O) groups excluding carboxylic acids is 3. The zero-order valence-corrected chi connectivity index (χ0v) is 17.6. The van der Waals surface area contributed by atoms with Crippen LogP contribution in [0, 0.1) is 0 Å². The second-order valence-electron chi connectivity index (χ2n) is 6.29. The minimum Gasteiger partial charge on any atom is -0.379 e. The van der Waals surface area contributed by atoms with E-state index in [1.54, 1.807) is 5.38 Å². The standard InChI is InChI=1S/C18H20N4O6S2/c1-12(23)20-21-17(25)15-6-11-29-18(15)19-16(24)13-2-4-14(5-3-13)30(26,27)22-7-9-28-10-8-22/h2-6,11H,7-10H2,1H3,(H,19,24)(H,20,23)(H,21,25). The normalized spacial score (nSPS) is 14.7. The number of benzene rings is 1. The lowest BCUT2D eigenvalue weighted by molar-refractivity contribution is -0.119. The molecule has 1 aromatic heterocycles. The van der Waals surface area contributed by atoms with Gasteiger partial charge in [-0.2, -0.15) is 4.31 Å². The van der Waals surface area contributed by atoms with Gasteiger partial charge in [0.05, 0.1) is 23.7 Å². The SMILES string of the molecule is CC(=O)NNC(=O)c1ccsc1NC(=O)c1ccc(S(=O)(=O)N2CCOCC2)cc1. The van der Waals surface area contributed by atoms with E-state index in [1.165, 1.54) is 41.6 Å². The monoisotopic (exact) mass is 452 g/mol. The number of hydrogen-bond donors (Lipinski definition) is 3. The molecule has 1 aliphatic rings. The Bertz CT molecular complexity index is 1040. The third kappa shape index (κ3) is 5.02. The van der Waals surface area contributed by atoms with Crippen molar-refractivity contribution < 1.29 is 27.5 Å². The molecule has 1 aromatic carbocycles. The molecule has 3 rings (SSSR count). The first-order chi connectivity index (χ1) is 14.3. The minimum absolute atomic E-state index is 0.0902. The third-order valence-corrected chi connectivity index (χ3v) is 6.96. The van der Waals surface area contributed by atoms with Crippen molar-refractivity contribution in [3.63, 3.8) is 0 Å². The van der Waals surface area contributed by atoms with Crippen LogP contribution in [0.15, 0.2) is 40.6 Å². The molecule has 3 amide bonds. The Morgan fingerprint density at radius 2 is 1.67 bits per heavy atom. The average Bonchev–Trinajstić information content (AvgIpc) is 3.21. The molecule has 2 aromatic rings. The second-order valence-corrected chi connectivity index (χ2v) is 9.15. The van der Waals surface area contributed by atoms with Gasteiger partial charge in [-0.15, -0.1) is 11.3 Å². The fourth-order valence-electron chi connectivity index (χ4n) is 2.69. The topological polar surface area (TPSA) is 134 Å². The highest BCUT2D eigenvalue weighted by atomic mass is 32.2. The van der Waals surface area contributed by atoms with Crippen molar-refractivity contribution in [1.29, 1.82) is 0 Å². The van der Waals surface area contributed by atoms with Crippen molar-refractivity contribution >= 4 is 44.1 Å². The van der Waals surface area contributed by atoms with Gasteiger partial charge in [0.15, 0.2) is 0 Å². The average molecular weight is 453 g/mol. The Morgan fingerprint density at radius 3 is 2.30 bits per heavy atom. The van der Waals surface area contributed by atoms with E-state index in [2.05, 4.69) is 16.2 Å². The molecule has 1 aliphatic heterocycles. The van der Waals surface area contributed by atoms with Crippen LogP contribution in [0.1, 0.15) is 27.6 Å². The summed E-state index contributed by atoms with van der Waals surface area (Å²) in [7, 11) is -3.65. The second kappa shape index (κ2) is 9.34. The molecule has 0 saturated carbocycles. The van der Waals surface area contributed by atoms with Crippen molar-refractivity contribution in [2.75, 3.05) is 31.6 Å². The van der Waals surface area contributed by atoms with Crippen LogP contribution in [0.3, 0.4) is 0 Å². The van der Waals surface area contributed by atoms with Gasteiger partial charge in [0.1, 0.15) is 5.00 Å². The van der Waals surface area contributed by atoms with E-state index in [9.17, 15) is 22.8 Å². The molecule has 30 heavy (non-hydrogen) atoms. The van der Waals surface area contributed by atoms with Gasteiger partial charge in [-0.25, -0.2) is 8.42 Å². The molecular formula is C18H20N4O6S2. The molecule has 0 bridgehead atoms. The first kappa shape index (κ1) is 21.9. The number of thiophene rings is 1. The first-order valence-corrected chi connectivity index (χ1v) is 11.2. The van der Waals surface area contributed by atoms with E-state index in [1.807, 2.05) is 0 Å². The van der Waals surface area contributed by atoms with Crippen LogP contribution < -0.4 is 16.2 Å². The number of sulfonamides is 1. The lowest BCUT2D eigenvalue weighted by Gasteiger charge is -2.26. The highest BCUT2D eigenvalue weighted by Crippen LogP contribution is 2.24. The predicted molar refractivity (Wildman–Crippen MR) is 110 cm³/mol. The van der Waals surface area contributed by atoms with Crippen molar-refractivity contribution in [3.05, 3.63) is 46.8 Å². The van der Waals surface area contributed by atoms with Crippen LogP contribution in [-0.2, 0) is 19.6 Å². The van der Waals surface area contributed by atoms with Crippen molar-refractivity contribution in [1.82, 2.24) is 15.2 Å². The number of ether oxygens (including phenoxy) is 1. The highest BCUT2D eigenvalue weighted by molar-refractivity contribution is 7.89. The molecule has 0 unspecified atom stereocenters. The lowest BCUT2D eigenvalue weighted by Crippen LogP contribution is -2.40. The molecule has 1 fully saturated rings. The maximum Gasteiger partial charge on any atom is 0.272 e. The number of nitrogens with one attached hydrogen (secondary N) is 3. The highest BCUT2D eigenvalue weighted by Gasteiger charge is 2.26. The Labute approximate surface area is 177 Å². The molecule has 1 saturated heterocycles. The smallest absolute Gasteiger partial charge is 0.272 e. The van der Waals surface area contributed by atoms with Crippen LogP contribution in [-0.4, -0.2) is 56.7 Å². The summed E-state index contributed by atoms with van der Waals surface area (Å²) in [6, 6.07) is 7.08. The summed E-state index contributed by atoms with van der Waals surface area (Å²) in [5, 5.41) is 4.55. The van der Waals surface area contributed by atoms with Crippen LogP contribution in [0.5, 0.6) is 0 Å². The number of rotatable bonds is 5. The number of hydrogen-bond acceptors (Lipinski definition) is 7. The summed E-state index contributed by atoms with van der Waals surface area (Å²) in [6.45, 7) is 2.51. The summed E-state index contributed by atoms with van der Waals surface area (Å²) in [6.07, 6.45) is 0. The minimum atomic E-state index is -3.65. The zero-order chi connectivity index (χ0) is 21.7. The van der Waals surface area contributed by atoms with Crippen LogP contribution in [0.2, 0.25) is 0 Å². The molecule has 2 heterocycles. The number of morpholine rings is 1. The van der Waals surface area contributed by atoms with E-state index < -0.39 is 27.7 Å². The summed E-state index contributed by atoms with van der Waals surface area (Å²) in [5.74, 6) is -1.51. The number of amides is 3. The van der Waals surface area contributed by atoms with Crippen molar-refractivity contribution in [3.8, 4) is 0 Å². The molecule has 12 heteroatoms. The largest absolute Gasteiger partial charge is 0.379 e. The summed E-state index contributed by atoms with van der Waals surface area (Å²) >= 11 is 1.14. The molecule has 160 valence electrons. The Hall–Kier alpha value is -2.80. The van der Waals surface area contributed by atoms with Gasteiger partial charge in [-0.1, -0.05) is 0 Å². The Morgan fingerprint density at radius 1 is 1.00 bits per heavy atom. The summed E-state index contributed by atoms with van der Waals surface area (Å²) < 4.78 is 31.8. The molecule has 0 aliphatic carbocycles.